The van der Waals surface area contributed by atoms with Gasteiger partial charge in [0.1, 0.15) is 0 Å². The summed E-state index contributed by atoms with van der Waals surface area (Å²) in [5, 5.41) is 0. The second kappa shape index (κ2) is 8.69. The topological polar surface area (TPSA) is 6.48 Å². The molecular weight excluding hydrogens is 268 g/mol. The van der Waals surface area contributed by atoms with Crippen LogP contribution in [0.15, 0.2) is 24.3 Å². The fraction of sp³-hybridized carbons (Fsp3) is 0.700. The van der Waals surface area contributed by atoms with E-state index in [0.29, 0.717) is 0 Å². The van der Waals surface area contributed by atoms with Gasteiger partial charge in [-0.1, -0.05) is 50.1 Å². The van der Waals surface area contributed by atoms with Gasteiger partial charge in [0.25, 0.3) is 0 Å². The molecule has 1 saturated heterocycles. The van der Waals surface area contributed by atoms with Gasteiger partial charge in [-0.3, -0.25) is 0 Å². The second-order valence-corrected chi connectivity index (χ2v) is 7.44. The zero-order chi connectivity index (χ0) is 15.9. The molecular formula is C20H34N2. The summed E-state index contributed by atoms with van der Waals surface area (Å²) in [6.07, 6.45) is 4.04. The van der Waals surface area contributed by atoms with Crippen LogP contribution in [0.25, 0.3) is 0 Å². The van der Waals surface area contributed by atoms with Crippen LogP contribution < -0.4 is 0 Å². The first-order chi connectivity index (χ1) is 10.6. The number of likely N-dealkylation sites (tertiary alicyclic amines) is 1. The SMILES string of the molecule is CCC(C)CN1CCC(CN(C)Cc2ccc(C)cc2)CC1. The minimum absolute atomic E-state index is 0.848. The van der Waals surface area contributed by atoms with Crippen LogP contribution in [0.5, 0.6) is 0 Å². The number of aryl methyl sites for hydroxylation is 1. The zero-order valence-corrected chi connectivity index (χ0v) is 15.0. The van der Waals surface area contributed by atoms with Crippen molar-refractivity contribution in [1.29, 1.82) is 0 Å². The first-order valence-corrected chi connectivity index (χ1v) is 9.03. The summed E-state index contributed by atoms with van der Waals surface area (Å²) in [7, 11) is 2.27. The molecule has 1 aliphatic heterocycles. The number of piperidine rings is 1. The van der Waals surface area contributed by atoms with Crippen molar-refractivity contribution in [1.82, 2.24) is 9.80 Å². The molecule has 2 heteroatoms. The summed E-state index contributed by atoms with van der Waals surface area (Å²) in [6, 6.07) is 8.97. The summed E-state index contributed by atoms with van der Waals surface area (Å²) in [6.45, 7) is 13.0. The van der Waals surface area contributed by atoms with Crippen molar-refractivity contribution >= 4 is 0 Å². The van der Waals surface area contributed by atoms with Gasteiger partial charge in [0, 0.05) is 19.6 Å². The molecule has 0 N–H and O–H groups in total. The van der Waals surface area contributed by atoms with Crippen LogP contribution in [-0.2, 0) is 6.54 Å². The Hall–Kier alpha value is -0.860. The van der Waals surface area contributed by atoms with Gasteiger partial charge in [0.05, 0.1) is 0 Å². The van der Waals surface area contributed by atoms with Crippen molar-refractivity contribution in [3.05, 3.63) is 35.4 Å². The Morgan fingerprint density at radius 3 is 2.41 bits per heavy atom. The van der Waals surface area contributed by atoms with Crippen molar-refractivity contribution in [3.63, 3.8) is 0 Å². The van der Waals surface area contributed by atoms with E-state index in [2.05, 4.69) is 61.9 Å². The molecule has 2 rings (SSSR count). The minimum atomic E-state index is 0.848. The van der Waals surface area contributed by atoms with Crippen LogP contribution in [0.2, 0.25) is 0 Å². The molecule has 2 nitrogen and oxygen atoms in total. The second-order valence-electron chi connectivity index (χ2n) is 7.44. The van der Waals surface area contributed by atoms with Crippen LogP contribution in [-0.4, -0.2) is 43.0 Å². The van der Waals surface area contributed by atoms with E-state index in [4.69, 9.17) is 0 Å². The molecule has 0 saturated carbocycles. The molecule has 22 heavy (non-hydrogen) atoms. The number of hydrogen-bond donors (Lipinski definition) is 0. The van der Waals surface area contributed by atoms with Gasteiger partial charge in [-0.05, 0) is 57.3 Å². The van der Waals surface area contributed by atoms with E-state index in [9.17, 15) is 0 Å². The number of rotatable bonds is 7. The Bertz CT molecular complexity index is 418. The molecule has 0 radical (unpaired) electrons. The van der Waals surface area contributed by atoms with E-state index < -0.39 is 0 Å². The van der Waals surface area contributed by atoms with E-state index in [1.165, 1.54) is 56.6 Å². The molecule has 0 spiro atoms. The Kier molecular flexibility index (Phi) is 6.91. The van der Waals surface area contributed by atoms with E-state index in [1.807, 2.05) is 0 Å². The fourth-order valence-corrected chi connectivity index (χ4v) is 3.43. The highest BCUT2D eigenvalue weighted by Crippen LogP contribution is 2.20. The molecule has 0 aliphatic carbocycles. The van der Waals surface area contributed by atoms with Crippen molar-refractivity contribution in [3.8, 4) is 0 Å². The molecule has 0 bridgehead atoms. The molecule has 1 aromatic carbocycles. The molecule has 1 heterocycles. The maximum absolute atomic E-state index is 2.67. The Morgan fingerprint density at radius 2 is 1.82 bits per heavy atom. The lowest BCUT2D eigenvalue weighted by Crippen LogP contribution is -2.39. The smallest absolute Gasteiger partial charge is 0.0230 e. The summed E-state index contributed by atoms with van der Waals surface area (Å²) in [4.78, 5) is 5.17. The average Bonchev–Trinajstić information content (AvgIpc) is 2.51. The van der Waals surface area contributed by atoms with Crippen LogP contribution in [0.1, 0.15) is 44.2 Å². The van der Waals surface area contributed by atoms with E-state index >= 15 is 0 Å². The normalized spacial score (nSPS) is 18.8. The van der Waals surface area contributed by atoms with Gasteiger partial charge < -0.3 is 9.80 Å². The summed E-state index contributed by atoms with van der Waals surface area (Å²) in [5.41, 5.74) is 2.78. The van der Waals surface area contributed by atoms with Crippen LogP contribution in [0.3, 0.4) is 0 Å². The standard InChI is InChI=1S/C20H34N2/c1-5-17(2)14-22-12-10-20(11-13-22)16-21(4)15-19-8-6-18(3)7-9-19/h6-9,17,20H,5,10-16H2,1-4H3. The third-order valence-corrected chi connectivity index (χ3v) is 5.12. The minimum Gasteiger partial charge on any atom is -0.303 e. The Balaban J connectivity index is 1.70. The lowest BCUT2D eigenvalue weighted by molar-refractivity contribution is 0.138. The maximum atomic E-state index is 2.67. The molecule has 0 amide bonds. The van der Waals surface area contributed by atoms with Crippen molar-refractivity contribution in [2.45, 2.75) is 46.6 Å². The monoisotopic (exact) mass is 302 g/mol. The van der Waals surface area contributed by atoms with E-state index in [-0.39, 0.29) is 0 Å². The van der Waals surface area contributed by atoms with Crippen LogP contribution in [0.4, 0.5) is 0 Å². The van der Waals surface area contributed by atoms with Gasteiger partial charge in [-0.15, -0.1) is 0 Å². The largest absolute Gasteiger partial charge is 0.303 e. The predicted molar refractivity (Wildman–Crippen MR) is 96.1 cm³/mol. The molecule has 124 valence electrons. The van der Waals surface area contributed by atoms with Crippen molar-refractivity contribution in [2.24, 2.45) is 11.8 Å². The lowest BCUT2D eigenvalue weighted by atomic mass is 9.95. The quantitative estimate of drug-likeness (QED) is 0.745. The summed E-state index contributed by atoms with van der Waals surface area (Å²) >= 11 is 0. The number of hydrogen-bond acceptors (Lipinski definition) is 2. The predicted octanol–water partition coefficient (Wildman–Crippen LogP) is 4.18. The molecule has 1 fully saturated rings. The number of nitrogens with zero attached hydrogens (tertiary/aromatic N) is 2. The molecule has 1 aromatic rings. The van der Waals surface area contributed by atoms with Gasteiger partial charge in [-0.2, -0.15) is 0 Å². The van der Waals surface area contributed by atoms with Gasteiger partial charge in [0.15, 0.2) is 0 Å². The highest BCUT2D eigenvalue weighted by atomic mass is 15.1. The summed E-state index contributed by atoms with van der Waals surface area (Å²) in [5.74, 6) is 1.73. The van der Waals surface area contributed by atoms with Crippen LogP contribution >= 0.6 is 0 Å². The number of benzene rings is 1. The molecule has 1 unspecified atom stereocenters. The van der Waals surface area contributed by atoms with Gasteiger partial charge in [-0.25, -0.2) is 0 Å². The van der Waals surface area contributed by atoms with Gasteiger partial charge in [0.2, 0.25) is 0 Å². The third kappa shape index (κ3) is 5.73. The van der Waals surface area contributed by atoms with E-state index in [1.54, 1.807) is 0 Å². The molecule has 1 aliphatic rings. The third-order valence-electron chi connectivity index (χ3n) is 5.12. The van der Waals surface area contributed by atoms with Crippen LogP contribution in [0, 0.1) is 18.8 Å². The highest BCUT2D eigenvalue weighted by molar-refractivity contribution is 5.21. The molecule has 1 atom stereocenters. The first-order valence-electron chi connectivity index (χ1n) is 9.03. The average molecular weight is 303 g/mol. The van der Waals surface area contributed by atoms with Gasteiger partial charge >= 0.3 is 0 Å². The molecule has 0 aromatic heterocycles. The lowest BCUT2D eigenvalue weighted by Gasteiger charge is -2.35. The zero-order valence-electron chi connectivity index (χ0n) is 15.0. The Morgan fingerprint density at radius 1 is 1.18 bits per heavy atom. The highest BCUT2D eigenvalue weighted by Gasteiger charge is 2.21. The van der Waals surface area contributed by atoms with E-state index in [0.717, 1.165) is 18.4 Å². The summed E-state index contributed by atoms with van der Waals surface area (Å²) < 4.78 is 0. The van der Waals surface area contributed by atoms with Crippen molar-refractivity contribution in [2.75, 3.05) is 33.2 Å². The fourth-order valence-electron chi connectivity index (χ4n) is 3.43. The Labute approximate surface area is 137 Å². The van der Waals surface area contributed by atoms with Crippen molar-refractivity contribution < 1.29 is 0 Å². The maximum Gasteiger partial charge on any atom is 0.0230 e. The first kappa shape index (κ1) is 17.5.